The van der Waals surface area contributed by atoms with Gasteiger partial charge in [0.25, 0.3) is 0 Å². The molecule has 1 aromatic rings. The van der Waals surface area contributed by atoms with Gasteiger partial charge in [-0.25, -0.2) is 4.79 Å². The van der Waals surface area contributed by atoms with Crippen LogP contribution in [0.15, 0.2) is 29.3 Å². The number of benzene rings is 1. The summed E-state index contributed by atoms with van der Waals surface area (Å²) in [6, 6.07) is 5.51. The Balaban J connectivity index is 0.00000196. The second-order valence-electron chi connectivity index (χ2n) is 2.83. The Bertz CT molecular complexity index is 365. The van der Waals surface area contributed by atoms with Crippen molar-refractivity contribution >= 4 is 12.2 Å². The van der Waals surface area contributed by atoms with Crippen LogP contribution in [0.2, 0.25) is 0 Å². The summed E-state index contributed by atoms with van der Waals surface area (Å²) in [6.07, 6.45) is 1.29. The van der Waals surface area contributed by atoms with Gasteiger partial charge in [-0.2, -0.15) is 0 Å². The second-order valence-corrected chi connectivity index (χ2v) is 2.83. The van der Waals surface area contributed by atoms with Crippen LogP contribution >= 0.6 is 0 Å². The van der Waals surface area contributed by atoms with Crippen molar-refractivity contribution in [1.29, 1.82) is 0 Å². The fourth-order valence-electron chi connectivity index (χ4n) is 0.843. The Morgan fingerprint density at radius 2 is 2.13 bits per heavy atom. The van der Waals surface area contributed by atoms with Gasteiger partial charge in [0.2, 0.25) is 0 Å². The van der Waals surface area contributed by atoms with E-state index in [-0.39, 0.29) is 24.6 Å². The van der Waals surface area contributed by atoms with E-state index < -0.39 is 12.0 Å². The molecule has 0 fully saturated rings. The van der Waals surface area contributed by atoms with E-state index in [1.54, 1.807) is 18.2 Å². The van der Waals surface area contributed by atoms with Gasteiger partial charge in [-0.3, -0.25) is 4.99 Å². The number of carbonyl (C=O) groups is 1. The number of para-hydroxylation sites is 1. The molecule has 0 aliphatic rings. The number of rotatable bonds is 3. The van der Waals surface area contributed by atoms with Crippen LogP contribution in [0.25, 0.3) is 0 Å². The van der Waals surface area contributed by atoms with Crippen molar-refractivity contribution in [3.8, 4) is 5.75 Å². The molecule has 0 saturated heterocycles. The molecule has 1 N–H and O–H groups in total. The van der Waals surface area contributed by atoms with Gasteiger partial charge in [0, 0.05) is 6.21 Å². The van der Waals surface area contributed by atoms with Crippen LogP contribution in [-0.2, 0) is 4.79 Å². The van der Waals surface area contributed by atoms with Crippen LogP contribution in [0, 0.1) is 0 Å². The van der Waals surface area contributed by atoms with Gasteiger partial charge in [0.05, 0.1) is 0 Å². The largest absolute Gasteiger partial charge is 1.00 e. The first-order chi connectivity index (χ1) is 6.61. The number of carboxylic acids is 1. The van der Waals surface area contributed by atoms with Gasteiger partial charge in [-0.05, 0) is 12.5 Å². The van der Waals surface area contributed by atoms with Crippen molar-refractivity contribution < 1.29 is 33.9 Å². The molecule has 0 spiro atoms. The Morgan fingerprint density at radius 3 is 2.67 bits per heavy atom. The first kappa shape index (κ1) is 13.8. The quantitative estimate of drug-likeness (QED) is 0.438. The molecule has 0 aliphatic carbocycles. The standard InChI is InChI=1S/C10H11NO3.Li/c1-7(10(13)14)11-6-8-4-2-3-5-9(8)12;/h2-7,12H,1H3,(H,13,14);/q;+1/p-1/t7-;/m0./s1. The third-order valence-electron chi connectivity index (χ3n) is 1.71. The van der Waals surface area contributed by atoms with E-state index in [0.717, 1.165) is 0 Å². The molecule has 4 nitrogen and oxygen atoms in total. The summed E-state index contributed by atoms with van der Waals surface area (Å²) >= 11 is 0. The predicted octanol–water partition coefficient (Wildman–Crippen LogP) is -2.34. The minimum Gasteiger partial charge on any atom is -0.872 e. The van der Waals surface area contributed by atoms with Crippen LogP contribution in [0.4, 0.5) is 0 Å². The molecular formula is C10H10LiNO3. The first-order valence-corrected chi connectivity index (χ1v) is 4.13. The molecule has 15 heavy (non-hydrogen) atoms. The molecule has 5 heteroatoms. The number of hydrogen-bond donors (Lipinski definition) is 1. The topological polar surface area (TPSA) is 72.7 Å². The minimum absolute atomic E-state index is 0. The zero-order valence-corrected chi connectivity index (χ0v) is 8.68. The van der Waals surface area contributed by atoms with E-state index in [0.29, 0.717) is 5.56 Å². The van der Waals surface area contributed by atoms with E-state index in [1.807, 2.05) is 0 Å². The summed E-state index contributed by atoms with van der Waals surface area (Å²) in [5, 5.41) is 19.7. The fraction of sp³-hybridized carbons (Fsp3) is 0.200. The monoisotopic (exact) mass is 199 g/mol. The van der Waals surface area contributed by atoms with Crippen molar-refractivity contribution in [3.05, 3.63) is 29.8 Å². The molecule has 0 amide bonds. The molecule has 74 valence electrons. The van der Waals surface area contributed by atoms with Gasteiger partial charge < -0.3 is 10.2 Å². The van der Waals surface area contributed by atoms with Crippen molar-refractivity contribution in [3.63, 3.8) is 0 Å². The third kappa shape index (κ3) is 4.20. The Labute approximate surface area is 99.8 Å². The van der Waals surface area contributed by atoms with Gasteiger partial charge >= 0.3 is 24.8 Å². The second kappa shape index (κ2) is 6.28. The van der Waals surface area contributed by atoms with Crippen molar-refractivity contribution in [1.82, 2.24) is 0 Å². The Morgan fingerprint density at radius 1 is 1.53 bits per heavy atom. The van der Waals surface area contributed by atoms with Crippen molar-refractivity contribution in [2.75, 3.05) is 0 Å². The molecular weight excluding hydrogens is 189 g/mol. The van der Waals surface area contributed by atoms with Crippen LogP contribution in [0.1, 0.15) is 12.5 Å². The Kier molecular flexibility index (Phi) is 5.76. The maximum Gasteiger partial charge on any atom is 1.00 e. The Hall–Kier alpha value is -1.24. The maximum absolute atomic E-state index is 11.2. The number of carboxylic acid groups (broad SMARTS) is 1. The third-order valence-corrected chi connectivity index (χ3v) is 1.71. The molecule has 0 aromatic heterocycles. The van der Waals surface area contributed by atoms with E-state index in [9.17, 15) is 9.90 Å². The number of nitrogens with zero attached hydrogens (tertiary/aromatic N) is 1. The molecule has 1 rings (SSSR count). The molecule has 0 saturated carbocycles. The molecule has 0 aliphatic heterocycles. The molecule has 1 atom stereocenters. The molecule has 0 unspecified atom stereocenters. The average molecular weight is 199 g/mol. The summed E-state index contributed by atoms with van der Waals surface area (Å²) in [5.41, 5.74) is 0.403. The van der Waals surface area contributed by atoms with Gasteiger partial charge in [0.1, 0.15) is 6.04 Å². The van der Waals surface area contributed by atoms with Gasteiger partial charge in [0.15, 0.2) is 0 Å². The van der Waals surface area contributed by atoms with Crippen LogP contribution < -0.4 is 24.0 Å². The maximum atomic E-state index is 11.2. The zero-order chi connectivity index (χ0) is 10.6. The van der Waals surface area contributed by atoms with Gasteiger partial charge in [-0.1, -0.05) is 24.3 Å². The number of aliphatic imine (C=N–C) groups is 1. The summed E-state index contributed by atoms with van der Waals surface area (Å²) < 4.78 is 0. The molecule has 0 bridgehead atoms. The fourth-order valence-corrected chi connectivity index (χ4v) is 0.843. The number of aliphatic carboxylic acids is 1. The first-order valence-electron chi connectivity index (χ1n) is 4.13. The van der Waals surface area contributed by atoms with Crippen LogP contribution in [0.3, 0.4) is 0 Å². The average Bonchev–Trinajstić information content (AvgIpc) is 2.16. The van der Waals surface area contributed by atoms with Crippen LogP contribution in [-0.4, -0.2) is 23.3 Å². The molecule has 1 aromatic carbocycles. The number of hydrogen-bond acceptors (Lipinski definition) is 3. The van der Waals surface area contributed by atoms with E-state index >= 15 is 0 Å². The predicted molar refractivity (Wildman–Crippen MR) is 50.6 cm³/mol. The summed E-state index contributed by atoms with van der Waals surface area (Å²) in [6.45, 7) is 1.45. The summed E-state index contributed by atoms with van der Waals surface area (Å²) in [4.78, 5) is 14.1. The molecule has 0 radical (unpaired) electrons. The molecule has 0 heterocycles. The van der Waals surface area contributed by atoms with E-state index in [4.69, 9.17) is 5.11 Å². The SMILES string of the molecule is C[C@H](N=Cc1ccccc1[O-])C(=O)O.[Li+]. The summed E-state index contributed by atoms with van der Waals surface area (Å²) in [5.74, 6) is -1.17. The normalized spacial score (nSPS) is 12.1. The summed E-state index contributed by atoms with van der Waals surface area (Å²) in [7, 11) is 0. The van der Waals surface area contributed by atoms with E-state index in [2.05, 4.69) is 4.99 Å². The smallest absolute Gasteiger partial charge is 0.872 e. The van der Waals surface area contributed by atoms with Crippen LogP contribution in [0.5, 0.6) is 5.75 Å². The van der Waals surface area contributed by atoms with Crippen molar-refractivity contribution in [2.45, 2.75) is 13.0 Å². The minimum atomic E-state index is -1.01. The zero-order valence-electron chi connectivity index (χ0n) is 8.68. The van der Waals surface area contributed by atoms with Gasteiger partial charge in [-0.15, -0.1) is 5.75 Å². The van der Waals surface area contributed by atoms with Crippen molar-refractivity contribution in [2.24, 2.45) is 4.99 Å². The van der Waals surface area contributed by atoms with E-state index in [1.165, 1.54) is 19.2 Å².